The third kappa shape index (κ3) is 4.53. The Kier molecular flexibility index (Phi) is 6.50. The fourth-order valence-electron chi connectivity index (χ4n) is 1.77. The summed E-state index contributed by atoms with van der Waals surface area (Å²) in [5, 5.41) is 0. The Balaban J connectivity index is 2.84. The average Bonchev–Trinajstić information content (AvgIpc) is 2.45. The third-order valence-electron chi connectivity index (χ3n) is 2.80. The van der Waals surface area contributed by atoms with Crippen molar-refractivity contribution in [1.82, 2.24) is 0 Å². The highest BCUT2D eigenvalue weighted by molar-refractivity contribution is 5.95. The summed E-state index contributed by atoms with van der Waals surface area (Å²) in [6.07, 6.45) is 2.01. The van der Waals surface area contributed by atoms with E-state index in [1.165, 1.54) is 0 Å². The highest BCUT2D eigenvalue weighted by Crippen LogP contribution is 2.14. The summed E-state index contributed by atoms with van der Waals surface area (Å²) in [6.45, 7) is 7.57. The number of carbonyl (C=O) groups is 2. The maximum absolute atomic E-state index is 11.8. The predicted octanol–water partition coefficient (Wildman–Crippen LogP) is 2.61. The molecule has 0 unspecified atom stereocenters. The molecule has 4 heteroatoms. The summed E-state index contributed by atoms with van der Waals surface area (Å²) in [4.78, 5) is 23.7. The molecule has 0 aliphatic heterocycles. The predicted molar refractivity (Wildman–Crippen MR) is 77.0 cm³/mol. The Morgan fingerprint density at radius 3 is 2.00 bits per heavy atom. The van der Waals surface area contributed by atoms with Gasteiger partial charge in [-0.15, -0.1) is 0 Å². The van der Waals surface area contributed by atoms with Gasteiger partial charge in [-0.25, -0.2) is 0 Å². The molecule has 0 radical (unpaired) electrons. The van der Waals surface area contributed by atoms with Gasteiger partial charge in [-0.05, 0) is 31.4 Å². The summed E-state index contributed by atoms with van der Waals surface area (Å²) in [7, 11) is 0. The fourth-order valence-corrected chi connectivity index (χ4v) is 1.77. The van der Waals surface area contributed by atoms with Crippen molar-refractivity contribution in [2.24, 2.45) is 5.92 Å². The molecule has 108 valence electrons. The zero-order valence-electron chi connectivity index (χ0n) is 11.9. The molecule has 0 aliphatic carbocycles. The second-order valence-corrected chi connectivity index (χ2v) is 4.21. The number of esters is 2. The maximum atomic E-state index is 11.8. The smallest absolute Gasteiger partial charge is 0.320 e. The lowest BCUT2D eigenvalue weighted by Gasteiger charge is -2.14. The fraction of sp³-hybridized carbons (Fsp3) is 0.375. The van der Waals surface area contributed by atoms with Crippen molar-refractivity contribution in [1.29, 1.82) is 0 Å². The van der Waals surface area contributed by atoms with Crippen LogP contribution in [-0.2, 0) is 25.5 Å². The van der Waals surface area contributed by atoms with Crippen molar-refractivity contribution in [2.75, 3.05) is 13.2 Å². The second-order valence-electron chi connectivity index (χ2n) is 4.21. The molecule has 0 fully saturated rings. The molecule has 0 aliphatic rings. The summed E-state index contributed by atoms with van der Waals surface area (Å²) in [5.74, 6) is -2.00. The molecule has 0 saturated carbocycles. The summed E-state index contributed by atoms with van der Waals surface area (Å²) >= 11 is 0. The van der Waals surface area contributed by atoms with Crippen LogP contribution in [0.3, 0.4) is 0 Å². The first-order valence-electron chi connectivity index (χ1n) is 6.67. The standard InChI is InChI=1S/C16H20O4/c1-4-12-7-9-13(10-8-12)11-14(15(17)19-5-2)16(18)20-6-3/h4,7-10,14H,1,5-6,11H2,2-3H3. The van der Waals surface area contributed by atoms with E-state index in [2.05, 4.69) is 6.58 Å². The number of hydrogen-bond donors (Lipinski definition) is 0. The van der Waals surface area contributed by atoms with Gasteiger partial charge in [0.05, 0.1) is 13.2 Å². The monoisotopic (exact) mass is 276 g/mol. The normalized spacial score (nSPS) is 10.2. The van der Waals surface area contributed by atoms with Crippen LogP contribution in [0.5, 0.6) is 0 Å². The van der Waals surface area contributed by atoms with E-state index in [1.807, 2.05) is 24.3 Å². The van der Waals surface area contributed by atoms with Crippen LogP contribution in [0.1, 0.15) is 25.0 Å². The Hall–Kier alpha value is -2.10. The van der Waals surface area contributed by atoms with Crippen molar-refractivity contribution >= 4 is 18.0 Å². The van der Waals surface area contributed by atoms with Crippen LogP contribution in [-0.4, -0.2) is 25.2 Å². The van der Waals surface area contributed by atoms with Gasteiger partial charge in [0.15, 0.2) is 5.92 Å². The minimum absolute atomic E-state index is 0.240. The van der Waals surface area contributed by atoms with Gasteiger partial charge in [0.25, 0.3) is 0 Å². The van der Waals surface area contributed by atoms with Crippen LogP contribution < -0.4 is 0 Å². The van der Waals surface area contributed by atoms with Gasteiger partial charge in [0.2, 0.25) is 0 Å². The van der Waals surface area contributed by atoms with Crippen LogP contribution in [0.25, 0.3) is 6.08 Å². The van der Waals surface area contributed by atoms with Crippen molar-refractivity contribution in [3.8, 4) is 0 Å². The van der Waals surface area contributed by atoms with Crippen molar-refractivity contribution < 1.29 is 19.1 Å². The van der Waals surface area contributed by atoms with E-state index in [0.717, 1.165) is 11.1 Å². The molecule has 4 nitrogen and oxygen atoms in total. The van der Waals surface area contributed by atoms with Gasteiger partial charge in [-0.2, -0.15) is 0 Å². The van der Waals surface area contributed by atoms with Crippen molar-refractivity contribution in [2.45, 2.75) is 20.3 Å². The molecule has 0 saturated heterocycles. The van der Waals surface area contributed by atoms with Crippen LogP contribution in [0, 0.1) is 5.92 Å². The van der Waals surface area contributed by atoms with Crippen LogP contribution >= 0.6 is 0 Å². The largest absolute Gasteiger partial charge is 0.465 e. The molecule has 1 aromatic carbocycles. The van der Waals surface area contributed by atoms with Crippen molar-refractivity contribution in [3.05, 3.63) is 42.0 Å². The molecule has 0 aromatic heterocycles. The van der Waals surface area contributed by atoms with Gasteiger partial charge in [0.1, 0.15) is 0 Å². The molecule has 0 N–H and O–H groups in total. The van der Waals surface area contributed by atoms with E-state index in [4.69, 9.17) is 9.47 Å². The first-order valence-corrected chi connectivity index (χ1v) is 6.67. The molecule has 0 amide bonds. The summed E-state index contributed by atoms with van der Waals surface area (Å²) in [6, 6.07) is 7.50. The number of benzene rings is 1. The zero-order valence-corrected chi connectivity index (χ0v) is 11.9. The molecular weight excluding hydrogens is 256 g/mol. The molecule has 0 heterocycles. The third-order valence-corrected chi connectivity index (χ3v) is 2.80. The first kappa shape index (κ1) is 16.0. The lowest BCUT2D eigenvalue weighted by atomic mass is 9.98. The van der Waals surface area contributed by atoms with E-state index in [0.29, 0.717) is 0 Å². The number of ether oxygens (including phenoxy) is 2. The highest BCUT2D eigenvalue weighted by atomic mass is 16.6. The first-order chi connectivity index (χ1) is 9.62. The molecule has 1 aromatic rings. The van der Waals surface area contributed by atoms with Gasteiger partial charge in [0, 0.05) is 0 Å². The molecule has 20 heavy (non-hydrogen) atoms. The van der Waals surface area contributed by atoms with Crippen LogP contribution in [0.2, 0.25) is 0 Å². The van der Waals surface area contributed by atoms with Crippen LogP contribution in [0.4, 0.5) is 0 Å². The molecule has 0 atom stereocenters. The van der Waals surface area contributed by atoms with Gasteiger partial charge in [-0.1, -0.05) is 36.9 Å². The number of hydrogen-bond acceptors (Lipinski definition) is 4. The minimum atomic E-state index is -0.913. The van der Waals surface area contributed by atoms with Crippen LogP contribution in [0.15, 0.2) is 30.8 Å². The number of carbonyl (C=O) groups excluding carboxylic acids is 2. The van der Waals surface area contributed by atoms with Crippen molar-refractivity contribution in [3.63, 3.8) is 0 Å². The quantitative estimate of drug-likeness (QED) is 0.567. The van der Waals surface area contributed by atoms with E-state index < -0.39 is 17.9 Å². The Labute approximate surface area is 119 Å². The Morgan fingerprint density at radius 1 is 1.10 bits per heavy atom. The molecular formula is C16H20O4. The lowest BCUT2D eigenvalue weighted by molar-refractivity contribution is -0.161. The molecule has 0 spiro atoms. The average molecular weight is 276 g/mol. The zero-order chi connectivity index (χ0) is 15.0. The van der Waals surface area contributed by atoms with Gasteiger partial charge in [-0.3, -0.25) is 9.59 Å². The van der Waals surface area contributed by atoms with Gasteiger partial charge >= 0.3 is 11.9 Å². The Bertz CT molecular complexity index is 444. The maximum Gasteiger partial charge on any atom is 0.320 e. The lowest BCUT2D eigenvalue weighted by Crippen LogP contribution is -2.30. The van der Waals surface area contributed by atoms with E-state index in [1.54, 1.807) is 19.9 Å². The van der Waals surface area contributed by atoms with E-state index in [-0.39, 0.29) is 19.6 Å². The van der Waals surface area contributed by atoms with Gasteiger partial charge < -0.3 is 9.47 Å². The molecule has 0 bridgehead atoms. The highest BCUT2D eigenvalue weighted by Gasteiger charge is 2.29. The van der Waals surface area contributed by atoms with E-state index >= 15 is 0 Å². The summed E-state index contributed by atoms with van der Waals surface area (Å²) < 4.78 is 9.87. The summed E-state index contributed by atoms with van der Waals surface area (Å²) in [5.41, 5.74) is 1.86. The minimum Gasteiger partial charge on any atom is -0.465 e. The second kappa shape index (κ2) is 8.15. The topological polar surface area (TPSA) is 52.6 Å². The van der Waals surface area contributed by atoms with E-state index in [9.17, 15) is 9.59 Å². The number of rotatable bonds is 7. The molecule has 1 rings (SSSR count). The Morgan fingerprint density at radius 2 is 1.60 bits per heavy atom. The SMILES string of the molecule is C=Cc1ccc(CC(C(=O)OCC)C(=O)OCC)cc1.